The summed E-state index contributed by atoms with van der Waals surface area (Å²) in [6.45, 7) is 1.53. The summed E-state index contributed by atoms with van der Waals surface area (Å²) in [7, 11) is 0. The molecule has 1 atom stereocenters. The number of hydrogen-bond donors (Lipinski definition) is 1. The van der Waals surface area contributed by atoms with Crippen molar-refractivity contribution in [1.29, 1.82) is 0 Å². The van der Waals surface area contributed by atoms with Crippen molar-refractivity contribution in [2.24, 2.45) is 0 Å². The summed E-state index contributed by atoms with van der Waals surface area (Å²) in [5.74, 6) is -0.110. The minimum atomic E-state index is -0.301. The second-order valence-corrected chi connectivity index (χ2v) is 5.50. The summed E-state index contributed by atoms with van der Waals surface area (Å²) in [6.07, 6.45) is 10.2. The van der Waals surface area contributed by atoms with Gasteiger partial charge in [0.25, 0.3) is 11.5 Å². The number of rotatable bonds is 4. The third kappa shape index (κ3) is 3.24. The van der Waals surface area contributed by atoms with E-state index in [9.17, 15) is 9.59 Å². The number of nitrogens with zero attached hydrogens (tertiary/aromatic N) is 4. The molecule has 7 heteroatoms. The van der Waals surface area contributed by atoms with Gasteiger partial charge in [-0.2, -0.15) is 5.10 Å². The van der Waals surface area contributed by atoms with Crippen LogP contribution >= 0.6 is 0 Å². The Morgan fingerprint density at radius 2 is 2.32 bits per heavy atom. The fourth-order valence-electron chi connectivity index (χ4n) is 2.89. The second kappa shape index (κ2) is 6.55. The van der Waals surface area contributed by atoms with E-state index in [1.54, 1.807) is 6.20 Å². The molecule has 0 saturated carbocycles. The van der Waals surface area contributed by atoms with Crippen LogP contribution in [-0.2, 0) is 6.54 Å². The van der Waals surface area contributed by atoms with Gasteiger partial charge in [0.2, 0.25) is 0 Å². The van der Waals surface area contributed by atoms with Crippen molar-refractivity contribution < 1.29 is 4.79 Å². The summed E-state index contributed by atoms with van der Waals surface area (Å²) in [4.78, 5) is 32.0. The smallest absolute Gasteiger partial charge is 0.274 e. The highest BCUT2D eigenvalue weighted by Gasteiger charge is 2.28. The maximum Gasteiger partial charge on any atom is 0.274 e. The van der Waals surface area contributed by atoms with Gasteiger partial charge >= 0.3 is 0 Å². The Kier molecular flexibility index (Phi) is 4.32. The zero-order valence-electron chi connectivity index (χ0n) is 12.3. The molecular weight excluding hydrogens is 282 g/mol. The largest absolute Gasteiger partial charge is 0.334 e. The first-order valence-corrected chi connectivity index (χ1v) is 7.57. The molecule has 0 aliphatic carbocycles. The van der Waals surface area contributed by atoms with Gasteiger partial charge in [-0.1, -0.05) is 0 Å². The molecule has 0 spiro atoms. The van der Waals surface area contributed by atoms with Gasteiger partial charge in [-0.3, -0.25) is 14.3 Å². The first kappa shape index (κ1) is 14.5. The molecule has 22 heavy (non-hydrogen) atoms. The highest BCUT2D eigenvalue weighted by molar-refractivity contribution is 5.92. The lowest BCUT2D eigenvalue weighted by Gasteiger charge is -2.35. The molecule has 116 valence electrons. The summed E-state index contributed by atoms with van der Waals surface area (Å²) in [5, 5.41) is 4.20. The maximum atomic E-state index is 12.6. The first-order valence-electron chi connectivity index (χ1n) is 7.57. The average molecular weight is 301 g/mol. The van der Waals surface area contributed by atoms with Crippen LogP contribution in [-0.4, -0.2) is 43.1 Å². The molecule has 1 aliphatic heterocycles. The Labute approximate surface area is 128 Å². The Balaban J connectivity index is 1.69. The predicted octanol–water partition coefficient (Wildman–Crippen LogP) is 1.05. The Bertz CT molecular complexity index is 659. The minimum absolute atomic E-state index is 0.110. The molecule has 1 amide bonds. The molecule has 0 aromatic carbocycles. The minimum Gasteiger partial charge on any atom is -0.334 e. The van der Waals surface area contributed by atoms with Gasteiger partial charge in [0, 0.05) is 37.7 Å². The van der Waals surface area contributed by atoms with E-state index in [4.69, 9.17) is 0 Å². The Morgan fingerprint density at radius 3 is 3.05 bits per heavy atom. The van der Waals surface area contributed by atoms with E-state index in [0.717, 1.165) is 45.0 Å². The average Bonchev–Trinajstić information content (AvgIpc) is 3.07. The monoisotopic (exact) mass is 301 g/mol. The third-order valence-electron chi connectivity index (χ3n) is 4.03. The highest BCUT2D eigenvalue weighted by atomic mass is 16.2. The highest BCUT2D eigenvalue weighted by Crippen LogP contribution is 2.21. The number of amides is 1. The Hall–Kier alpha value is -2.44. The van der Waals surface area contributed by atoms with Gasteiger partial charge in [-0.05, 0) is 31.7 Å². The van der Waals surface area contributed by atoms with Crippen molar-refractivity contribution in [2.75, 3.05) is 6.54 Å². The van der Waals surface area contributed by atoms with Crippen molar-refractivity contribution >= 4 is 5.91 Å². The van der Waals surface area contributed by atoms with E-state index in [1.165, 1.54) is 6.20 Å². The molecular formula is C15H19N5O2. The number of aromatic nitrogens is 4. The SMILES string of the molecule is O=C(c1c[nH]c(=O)cn1)N1CCCC[C@@H]1CCn1cccn1. The number of aromatic amines is 1. The summed E-state index contributed by atoms with van der Waals surface area (Å²) in [5.41, 5.74) is -0.00369. The first-order chi connectivity index (χ1) is 10.7. The lowest BCUT2D eigenvalue weighted by molar-refractivity contribution is 0.0587. The second-order valence-electron chi connectivity index (χ2n) is 5.50. The number of piperidine rings is 1. The van der Waals surface area contributed by atoms with Crippen LogP contribution in [0.4, 0.5) is 0 Å². The lowest BCUT2D eigenvalue weighted by atomic mass is 9.99. The molecule has 1 N–H and O–H groups in total. The topological polar surface area (TPSA) is 83.9 Å². The van der Waals surface area contributed by atoms with E-state index in [2.05, 4.69) is 15.1 Å². The van der Waals surface area contributed by atoms with Crippen LogP contribution in [0.3, 0.4) is 0 Å². The van der Waals surface area contributed by atoms with Crippen LogP contribution in [0.2, 0.25) is 0 Å². The van der Waals surface area contributed by atoms with E-state index >= 15 is 0 Å². The number of nitrogens with one attached hydrogen (secondary N) is 1. The Morgan fingerprint density at radius 1 is 1.41 bits per heavy atom. The zero-order chi connectivity index (χ0) is 15.4. The van der Waals surface area contributed by atoms with Gasteiger partial charge < -0.3 is 9.88 Å². The molecule has 1 saturated heterocycles. The van der Waals surface area contributed by atoms with E-state index in [-0.39, 0.29) is 17.5 Å². The number of H-pyrrole nitrogens is 1. The number of hydrogen-bond acceptors (Lipinski definition) is 4. The fraction of sp³-hybridized carbons (Fsp3) is 0.467. The molecule has 0 radical (unpaired) electrons. The van der Waals surface area contributed by atoms with Crippen LogP contribution in [0, 0.1) is 0 Å². The fourth-order valence-corrected chi connectivity index (χ4v) is 2.89. The molecule has 1 aliphatic rings. The molecule has 0 bridgehead atoms. The molecule has 1 fully saturated rings. The van der Waals surface area contributed by atoms with Gasteiger partial charge in [-0.15, -0.1) is 0 Å². The van der Waals surface area contributed by atoms with E-state index in [0.29, 0.717) is 5.69 Å². The van der Waals surface area contributed by atoms with Crippen molar-refractivity contribution in [3.8, 4) is 0 Å². The maximum absolute atomic E-state index is 12.6. The van der Waals surface area contributed by atoms with Crippen molar-refractivity contribution in [3.63, 3.8) is 0 Å². The molecule has 3 rings (SSSR count). The summed E-state index contributed by atoms with van der Waals surface area (Å²) in [6, 6.07) is 2.09. The van der Waals surface area contributed by atoms with Gasteiger partial charge in [0.05, 0.1) is 6.20 Å². The zero-order valence-corrected chi connectivity index (χ0v) is 12.3. The number of likely N-dealkylation sites (tertiary alicyclic amines) is 1. The van der Waals surface area contributed by atoms with Crippen LogP contribution in [0.1, 0.15) is 36.2 Å². The molecule has 0 unspecified atom stereocenters. The van der Waals surface area contributed by atoms with Crippen LogP contribution in [0.5, 0.6) is 0 Å². The summed E-state index contributed by atoms with van der Waals surface area (Å²) >= 11 is 0. The van der Waals surface area contributed by atoms with Crippen molar-refractivity contribution in [1.82, 2.24) is 24.6 Å². The lowest BCUT2D eigenvalue weighted by Crippen LogP contribution is -2.44. The quantitative estimate of drug-likeness (QED) is 0.915. The molecule has 2 aromatic heterocycles. The number of carbonyl (C=O) groups excluding carboxylic acids is 1. The number of aryl methyl sites for hydroxylation is 1. The molecule has 3 heterocycles. The standard InChI is InChI=1S/C15H19N5O2/c21-14-11-16-13(10-17-14)15(22)20-8-2-1-4-12(20)5-9-19-7-3-6-18-19/h3,6-7,10-12H,1-2,4-5,8-9H2,(H,17,21)/t12-/m1/s1. The summed E-state index contributed by atoms with van der Waals surface area (Å²) < 4.78 is 1.88. The van der Waals surface area contributed by atoms with Crippen molar-refractivity contribution in [2.45, 2.75) is 38.3 Å². The molecule has 2 aromatic rings. The van der Waals surface area contributed by atoms with Crippen LogP contribution in [0.25, 0.3) is 0 Å². The van der Waals surface area contributed by atoms with Crippen LogP contribution < -0.4 is 5.56 Å². The van der Waals surface area contributed by atoms with Gasteiger partial charge in [-0.25, -0.2) is 4.98 Å². The van der Waals surface area contributed by atoms with E-state index < -0.39 is 0 Å². The van der Waals surface area contributed by atoms with Crippen LogP contribution in [0.15, 0.2) is 35.6 Å². The number of carbonyl (C=O) groups is 1. The van der Waals surface area contributed by atoms with Gasteiger partial charge in [0.15, 0.2) is 0 Å². The van der Waals surface area contributed by atoms with Gasteiger partial charge in [0.1, 0.15) is 5.69 Å². The predicted molar refractivity (Wildman–Crippen MR) is 80.4 cm³/mol. The van der Waals surface area contributed by atoms with E-state index in [1.807, 2.05) is 21.8 Å². The van der Waals surface area contributed by atoms with Crippen molar-refractivity contribution in [3.05, 3.63) is 46.9 Å². The normalized spacial score (nSPS) is 18.4. The third-order valence-corrected chi connectivity index (χ3v) is 4.03. The molecule has 7 nitrogen and oxygen atoms in total.